The van der Waals surface area contributed by atoms with Crippen LogP contribution in [0.5, 0.6) is 0 Å². The Morgan fingerprint density at radius 2 is 1.24 bits per heavy atom. The fraction of sp³-hybridized carbons (Fsp3) is 0.463. The molecule has 2 saturated carbocycles. The Hall–Kier alpha value is -5.78. The predicted octanol–water partition coefficient (Wildman–Crippen LogP) is 5.91. The number of hydrogen-bond donors (Lipinski definition) is 0. The lowest BCUT2D eigenvalue weighted by molar-refractivity contribution is -0.120. The third-order valence-corrected chi connectivity index (χ3v) is 12.3. The Balaban J connectivity index is 0.000000148. The van der Waals surface area contributed by atoms with E-state index in [1.165, 1.54) is 25.7 Å². The average molecular weight is 865 g/mol. The highest BCUT2D eigenvalue weighted by molar-refractivity contribution is 9.10. The Kier molecular flexibility index (Phi) is 11.9. The highest BCUT2D eigenvalue weighted by Crippen LogP contribution is 2.41. The van der Waals surface area contributed by atoms with E-state index < -0.39 is 0 Å². The van der Waals surface area contributed by atoms with Gasteiger partial charge in [0.25, 0.3) is 0 Å². The maximum absolute atomic E-state index is 13.0. The van der Waals surface area contributed by atoms with E-state index in [4.69, 9.17) is 9.97 Å². The summed E-state index contributed by atoms with van der Waals surface area (Å²) in [6, 6.07) is 2.21. The fourth-order valence-corrected chi connectivity index (χ4v) is 9.12. The predicted molar refractivity (Wildman–Crippen MR) is 230 cm³/mol. The summed E-state index contributed by atoms with van der Waals surface area (Å²) in [5.41, 5.74) is 1.54. The molecule has 0 saturated heterocycles. The summed E-state index contributed by atoms with van der Waals surface area (Å²) in [6.07, 6.45) is 30.6. The van der Waals surface area contributed by atoms with Gasteiger partial charge < -0.3 is 19.6 Å². The summed E-state index contributed by atoms with van der Waals surface area (Å²) in [6.45, 7) is 5.02. The first kappa shape index (κ1) is 40.0. The molecule has 308 valence electrons. The molecule has 0 spiro atoms. The van der Waals surface area contributed by atoms with Crippen LogP contribution in [0.3, 0.4) is 0 Å². The molecule has 8 heterocycles. The van der Waals surface area contributed by atoms with Crippen LogP contribution in [-0.4, -0.2) is 112 Å². The van der Waals surface area contributed by atoms with Crippen molar-refractivity contribution in [3.8, 4) is 17.8 Å². The van der Waals surface area contributed by atoms with Gasteiger partial charge in [-0.3, -0.25) is 23.7 Å². The molecule has 2 atom stereocenters. The molecule has 5 aliphatic rings. The van der Waals surface area contributed by atoms with Crippen LogP contribution < -0.4 is 19.6 Å². The third-order valence-electron chi connectivity index (χ3n) is 11.7. The smallest absolute Gasteiger partial charge is 0.249 e. The zero-order chi connectivity index (χ0) is 41.0. The number of aromatic nitrogens is 10. The maximum atomic E-state index is 13.0. The van der Waals surface area contributed by atoms with Gasteiger partial charge in [-0.15, -0.1) is 0 Å². The monoisotopic (exact) mass is 863 g/mol. The largest absolute Gasteiger partial charge is 0.340 e. The van der Waals surface area contributed by atoms with Gasteiger partial charge in [-0.1, -0.05) is 45.6 Å². The van der Waals surface area contributed by atoms with Gasteiger partial charge in [-0.25, -0.2) is 24.6 Å². The van der Waals surface area contributed by atoms with Crippen molar-refractivity contribution in [3.63, 3.8) is 0 Å². The van der Waals surface area contributed by atoms with E-state index in [9.17, 15) is 9.59 Å². The van der Waals surface area contributed by atoms with E-state index in [0.29, 0.717) is 34.7 Å². The maximum Gasteiger partial charge on any atom is 0.249 e. The molecule has 2 amide bonds. The minimum atomic E-state index is -0.188. The van der Waals surface area contributed by atoms with Crippen LogP contribution in [0.15, 0.2) is 77.5 Å². The van der Waals surface area contributed by atoms with Crippen LogP contribution in [0, 0.1) is 0 Å². The average Bonchev–Trinajstić information content (AvgIpc) is 4.11. The second-order valence-electron chi connectivity index (χ2n) is 15.1. The molecule has 3 aliphatic heterocycles. The van der Waals surface area contributed by atoms with Crippen LogP contribution in [0.25, 0.3) is 17.8 Å². The molecule has 0 bridgehead atoms. The fourth-order valence-electron chi connectivity index (χ4n) is 8.73. The number of aliphatic imine (C=N–C) groups is 1. The molecule has 0 unspecified atom stereocenters. The molecule has 0 aromatic carbocycles. The highest BCUT2D eigenvalue weighted by atomic mass is 79.9. The number of imidazole rings is 2. The van der Waals surface area contributed by atoms with Gasteiger partial charge in [-0.05, 0) is 66.6 Å². The lowest BCUT2D eigenvalue weighted by Crippen LogP contribution is -2.55. The molecule has 5 aromatic rings. The molecule has 17 nitrogen and oxygen atoms in total. The van der Waals surface area contributed by atoms with Gasteiger partial charge in [0, 0.05) is 69.6 Å². The molecular formula is C41H50BrN15O2. The number of amides is 2. The van der Waals surface area contributed by atoms with E-state index in [1.54, 1.807) is 56.2 Å². The molecule has 0 N–H and O–H groups in total. The van der Waals surface area contributed by atoms with Crippen LogP contribution in [0.2, 0.25) is 0 Å². The van der Waals surface area contributed by atoms with Gasteiger partial charge in [0.1, 0.15) is 23.5 Å². The molecule has 59 heavy (non-hydrogen) atoms. The second-order valence-corrected chi connectivity index (χ2v) is 15.9. The number of nitrogens with zero attached hydrogens (tertiary/aromatic N) is 15. The number of anilines is 4. The summed E-state index contributed by atoms with van der Waals surface area (Å²) in [5, 5.41) is 4.27. The van der Waals surface area contributed by atoms with Crippen molar-refractivity contribution < 1.29 is 9.59 Å². The highest BCUT2D eigenvalue weighted by Gasteiger charge is 2.43. The first-order valence-corrected chi connectivity index (χ1v) is 21.3. The Morgan fingerprint density at radius 3 is 1.68 bits per heavy atom. The van der Waals surface area contributed by atoms with Crippen LogP contribution in [-0.2, 0) is 9.59 Å². The van der Waals surface area contributed by atoms with Crippen molar-refractivity contribution in [2.75, 3.05) is 40.2 Å². The molecule has 18 heteroatoms. The van der Waals surface area contributed by atoms with Gasteiger partial charge >= 0.3 is 0 Å². The second kappa shape index (κ2) is 17.6. The van der Waals surface area contributed by atoms with E-state index in [0.717, 1.165) is 68.1 Å². The number of carbonyl (C=O) groups excluding carboxylic acids is 2. The van der Waals surface area contributed by atoms with E-state index in [-0.39, 0.29) is 23.9 Å². The van der Waals surface area contributed by atoms with Gasteiger partial charge in [-0.2, -0.15) is 15.1 Å². The van der Waals surface area contributed by atoms with Crippen LogP contribution >= 0.6 is 15.9 Å². The van der Waals surface area contributed by atoms with Crippen molar-refractivity contribution >= 4 is 57.0 Å². The zero-order valence-electron chi connectivity index (χ0n) is 33.9. The Morgan fingerprint density at radius 1 is 0.695 bits per heavy atom. The number of fused-ring (bicyclic) bond motifs is 2. The Bertz CT molecular complexity index is 2300. The third kappa shape index (κ3) is 7.77. The number of likely N-dealkylation sites (N-methyl/N-ethyl adjacent to an activating group) is 2. The summed E-state index contributed by atoms with van der Waals surface area (Å²) in [4.78, 5) is 65.0. The van der Waals surface area contributed by atoms with E-state index >= 15 is 0 Å². The summed E-state index contributed by atoms with van der Waals surface area (Å²) < 4.78 is 5.96. The summed E-state index contributed by atoms with van der Waals surface area (Å²) in [7, 11) is 3.62. The first-order chi connectivity index (χ1) is 28.8. The summed E-state index contributed by atoms with van der Waals surface area (Å²) >= 11 is 3.42. The van der Waals surface area contributed by atoms with Crippen molar-refractivity contribution in [1.82, 2.24) is 48.8 Å². The molecule has 10 rings (SSSR count). The van der Waals surface area contributed by atoms with Gasteiger partial charge in [0.05, 0.1) is 18.9 Å². The number of carbonyl (C=O) groups is 2. The zero-order valence-corrected chi connectivity index (χ0v) is 35.5. The summed E-state index contributed by atoms with van der Waals surface area (Å²) in [5.74, 6) is 3.62. The topological polar surface area (TPSA) is 164 Å². The number of allylic oxidation sites excluding steroid dienone is 1. The molecule has 0 radical (unpaired) electrons. The van der Waals surface area contributed by atoms with Gasteiger partial charge in [0.2, 0.25) is 29.7 Å². The lowest BCUT2D eigenvalue weighted by Gasteiger charge is -2.43. The minimum absolute atomic E-state index is 0.114. The van der Waals surface area contributed by atoms with Crippen molar-refractivity contribution in [1.29, 1.82) is 0 Å². The quantitative estimate of drug-likeness (QED) is 0.191. The molecule has 2 fully saturated rings. The molecule has 5 aromatic heterocycles. The SMILES string of the molecule is C1=CCN=C1.CC[C@@H]1C(=O)N(C)c2cnc(-n3ccnc3-n3cccn3)nc2N1C1CCCC1.CC[C@@H]1C(=O)N(C)c2cnc(-n3ccnc3Br)nc2N1C1CCCC1. The lowest BCUT2D eigenvalue weighted by atomic mass is 10.0. The minimum Gasteiger partial charge on any atom is -0.340 e. The molecule has 2 aliphatic carbocycles. The van der Waals surface area contributed by atoms with Crippen molar-refractivity contribution in [2.45, 2.75) is 102 Å². The molecular weight excluding hydrogens is 814 g/mol. The number of halogens is 1. The number of hydrogen-bond acceptors (Lipinski definition) is 12. The van der Waals surface area contributed by atoms with E-state index in [2.05, 4.69) is 69.6 Å². The van der Waals surface area contributed by atoms with Gasteiger partial charge in [0.15, 0.2) is 16.4 Å². The Labute approximate surface area is 352 Å². The number of rotatable bonds is 7. The standard InChI is InChI=1S/C20H24N8O.C17H21BrN6O.C4H5N/c1-3-15-18(29)25(2)16-13-22-19(24-17(16)28(15)14-7-4-5-8-14)26-12-10-21-20(26)27-11-6-9-23-27;1-3-12-15(25)22(2)13-10-20-17(23-9-8-19-16(23)18)21-14(13)24(12)11-6-4-5-7-11;1-2-4-5-3-1/h6,9-15H,3-5,7-8H2,1-2H3;8-12H,3-7H2,1-2H3;1-3H,4H2/t15-;12-;/m11./s1. The van der Waals surface area contributed by atoms with Crippen molar-refractivity contribution in [2.24, 2.45) is 4.99 Å². The van der Waals surface area contributed by atoms with Crippen LogP contribution in [0.4, 0.5) is 23.0 Å². The first-order valence-electron chi connectivity index (χ1n) is 20.5. The van der Waals surface area contributed by atoms with Crippen molar-refractivity contribution in [3.05, 3.63) is 72.5 Å². The van der Waals surface area contributed by atoms with E-state index in [1.807, 2.05) is 55.5 Å². The van der Waals surface area contributed by atoms with Crippen LogP contribution in [0.1, 0.15) is 78.1 Å². The normalized spacial score (nSPS) is 20.2.